The Morgan fingerprint density at radius 2 is 1.54 bits per heavy atom. The van der Waals surface area contributed by atoms with Gasteiger partial charge in [0.2, 0.25) is 17.8 Å². The molecule has 0 aliphatic heterocycles. The second-order valence-electron chi connectivity index (χ2n) is 7.76. The molecule has 0 aliphatic carbocycles. The molecule has 0 radical (unpaired) electrons. The second kappa shape index (κ2) is 13.1. The van der Waals surface area contributed by atoms with E-state index < -0.39 is 0 Å². The summed E-state index contributed by atoms with van der Waals surface area (Å²) in [4.78, 5) is 18.0. The number of hydrogen-bond donors (Lipinski definition) is 2. The summed E-state index contributed by atoms with van der Waals surface area (Å²) in [5.41, 5.74) is 6.08. The van der Waals surface area contributed by atoms with Gasteiger partial charge in [0.05, 0.1) is 13.3 Å². The number of benzene rings is 2. The fourth-order valence-corrected chi connectivity index (χ4v) is 3.67. The van der Waals surface area contributed by atoms with Crippen LogP contribution in [0.4, 0.5) is 23.5 Å². The van der Waals surface area contributed by atoms with Gasteiger partial charge in [0.15, 0.2) is 0 Å². The number of anilines is 4. The topological polar surface area (TPSA) is 90.8 Å². The molecule has 3 aromatic rings. The second-order valence-corrected chi connectivity index (χ2v) is 7.76. The van der Waals surface area contributed by atoms with Crippen molar-refractivity contribution < 1.29 is 4.74 Å². The Balaban J connectivity index is 1.79. The number of hydrogen-bond acceptors (Lipinski definition) is 9. The molecule has 3 rings (SSSR count). The Morgan fingerprint density at radius 3 is 2.20 bits per heavy atom. The summed E-state index contributed by atoms with van der Waals surface area (Å²) >= 11 is 0. The lowest BCUT2D eigenvalue weighted by molar-refractivity contribution is 0.414. The fraction of sp³-hybridized carbons (Fsp3) is 0.385. The Kier molecular flexibility index (Phi) is 9.65. The Bertz CT molecular complexity index is 1080. The van der Waals surface area contributed by atoms with Gasteiger partial charge in [-0.2, -0.15) is 20.1 Å². The van der Waals surface area contributed by atoms with Crippen LogP contribution in [0.3, 0.4) is 0 Å². The molecule has 2 aromatic carbocycles. The van der Waals surface area contributed by atoms with Gasteiger partial charge in [0, 0.05) is 50.0 Å². The van der Waals surface area contributed by atoms with Gasteiger partial charge < -0.3 is 19.9 Å². The number of methoxy groups -OCH3 is 1. The first-order chi connectivity index (χ1) is 17.1. The van der Waals surface area contributed by atoms with E-state index in [1.165, 1.54) is 0 Å². The zero-order valence-corrected chi connectivity index (χ0v) is 21.3. The Hall–Kier alpha value is -3.88. The Labute approximate surface area is 208 Å². The van der Waals surface area contributed by atoms with E-state index in [0.717, 1.165) is 48.7 Å². The van der Waals surface area contributed by atoms with Crippen molar-refractivity contribution in [3.63, 3.8) is 0 Å². The van der Waals surface area contributed by atoms with Gasteiger partial charge in [-0.3, -0.25) is 0 Å². The van der Waals surface area contributed by atoms with E-state index >= 15 is 0 Å². The summed E-state index contributed by atoms with van der Waals surface area (Å²) in [7, 11) is 1.67. The van der Waals surface area contributed by atoms with Gasteiger partial charge in [0.1, 0.15) is 5.75 Å². The smallest absolute Gasteiger partial charge is 0.250 e. The van der Waals surface area contributed by atoms with Crippen LogP contribution < -0.4 is 25.3 Å². The summed E-state index contributed by atoms with van der Waals surface area (Å²) in [6, 6.07) is 16.2. The molecule has 1 heterocycles. The molecule has 0 aliphatic rings. The number of ether oxygens (including phenoxy) is 1. The van der Waals surface area contributed by atoms with Gasteiger partial charge in [-0.15, -0.1) is 0 Å². The highest BCUT2D eigenvalue weighted by atomic mass is 16.5. The third-order valence-electron chi connectivity index (χ3n) is 5.68. The minimum Gasteiger partial charge on any atom is -0.496 e. The van der Waals surface area contributed by atoms with Crippen molar-refractivity contribution in [3.05, 3.63) is 59.7 Å². The predicted molar refractivity (Wildman–Crippen MR) is 145 cm³/mol. The molecule has 35 heavy (non-hydrogen) atoms. The molecule has 186 valence electrons. The molecule has 0 bridgehead atoms. The molecule has 0 fully saturated rings. The minimum atomic E-state index is 0.368. The van der Waals surface area contributed by atoms with Crippen LogP contribution in [-0.2, 0) is 6.54 Å². The van der Waals surface area contributed by atoms with Crippen LogP contribution in [-0.4, -0.2) is 54.5 Å². The minimum absolute atomic E-state index is 0.368. The maximum Gasteiger partial charge on any atom is 0.250 e. The van der Waals surface area contributed by atoms with Crippen LogP contribution in [0.25, 0.3) is 0 Å². The first-order valence-electron chi connectivity index (χ1n) is 12.1. The van der Waals surface area contributed by atoms with Gasteiger partial charge >= 0.3 is 0 Å². The standard InChI is InChI=1S/C26H36N8O/c1-6-33(7-2)22-16-15-21(23(17-22)35-5)19-28-32-25-29-24(27-18-20-13-11-10-12-14-20)30-26(31-25)34(8-3)9-4/h10-17,19H,6-9,18H2,1-5H3,(H2,27,29,30,31,32). The molecule has 0 saturated heterocycles. The van der Waals surface area contributed by atoms with Gasteiger partial charge in [-0.05, 0) is 45.4 Å². The Morgan fingerprint density at radius 1 is 0.857 bits per heavy atom. The van der Waals surface area contributed by atoms with Crippen molar-refractivity contribution in [2.45, 2.75) is 34.2 Å². The van der Waals surface area contributed by atoms with Crippen molar-refractivity contribution in [1.82, 2.24) is 15.0 Å². The van der Waals surface area contributed by atoms with Crippen molar-refractivity contribution in [3.8, 4) is 5.75 Å². The van der Waals surface area contributed by atoms with Crippen LogP contribution in [0, 0.1) is 0 Å². The molecular formula is C26H36N8O. The quantitative estimate of drug-likeness (QED) is 0.273. The highest BCUT2D eigenvalue weighted by molar-refractivity contribution is 5.85. The summed E-state index contributed by atoms with van der Waals surface area (Å²) in [5.74, 6) is 2.21. The number of rotatable bonds is 13. The predicted octanol–water partition coefficient (Wildman–Crippen LogP) is 4.63. The molecule has 0 unspecified atom stereocenters. The molecule has 1 aromatic heterocycles. The normalized spacial score (nSPS) is 10.9. The van der Waals surface area contributed by atoms with Crippen LogP contribution in [0.2, 0.25) is 0 Å². The van der Waals surface area contributed by atoms with E-state index in [9.17, 15) is 0 Å². The highest BCUT2D eigenvalue weighted by Crippen LogP contribution is 2.24. The third kappa shape index (κ3) is 7.05. The summed E-state index contributed by atoms with van der Waals surface area (Å²) in [6.07, 6.45) is 1.71. The molecule has 9 nitrogen and oxygen atoms in total. The lowest BCUT2D eigenvalue weighted by Gasteiger charge is -2.22. The molecule has 9 heteroatoms. The summed E-state index contributed by atoms with van der Waals surface area (Å²) < 4.78 is 5.60. The van der Waals surface area contributed by atoms with Crippen molar-refractivity contribution >= 4 is 29.7 Å². The summed E-state index contributed by atoms with van der Waals surface area (Å²) in [5, 5.41) is 7.67. The first kappa shape index (κ1) is 25.7. The van der Waals surface area contributed by atoms with Crippen molar-refractivity contribution in [2.75, 3.05) is 53.8 Å². The van der Waals surface area contributed by atoms with Crippen LogP contribution >= 0.6 is 0 Å². The SMILES string of the molecule is CCN(CC)c1ccc(C=NNc2nc(NCc3ccccc3)nc(N(CC)CC)n2)c(OC)c1. The summed E-state index contributed by atoms with van der Waals surface area (Å²) in [6.45, 7) is 12.5. The maximum atomic E-state index is 5.60. The van der Waals surface area contributed by atoms with Crippen molar-refractivity contribution in [2.24, 2.45) is 5.10 Å². The average molecular weight is 477 g/mol. The highest BCUT2D eigenvalue weighted by Gasteiger charge is 2.11. The monoisotopic (exact) mass is 476 g/mol. The molecule has 0 saturated carbocycles. The maximum absolute atomic E-state index is 5.60. The van der Waals surface area contributed by atoms with Gasteiger partial charge in [-0.1, -0.05) is 30.3 Å². The van der Waals surface area contributed by atoms with E-state index in [1.807, 2.05) is 30.3 Å². The number of nitrogens with one attached hydrogen (secondary N) is 2. The van der Waals surface area contributed by atoms with E-state index in [2.05, 4.69) is 86.5 Å². The van der Waals surface area contributed by atoms with E-state index in [4.69, 9.17) is 4.74 Å². The van der Waals surface area contributed by atoms with Crippen LogP contribution in [0.1, 0.15) is 38.8 Å². The lowest BCUT2D eigenvalue weighted by atomic mass is 10.2. The molecule has 0 amide bonds. The molecule has 2 N–H and O–H groups in total. The first-order valence-corrected chi connectivity index (χ1v) is 12.1. The van der Waals surface area contributed by atoms with Crippen LogP contribution in [0.15, 0.2) is 53.6 Å². The number of aromatic nitrogens is 3. The van der Waals surface area contributed by atoms with E-state index in [0.29, 0.717) is 24.4 Å². The van der Waals surface area contributed by atoms with Gasteiger partial charge in [-0.25, -0.2) is 5.43 Å². The molecular weight excluding hydrogens is 440 g/mol. The third-order valence-corrected chi connectivity index (χ3v) is 5.68. The van der Waals surface area contributed by atoms with E-state index in [-0.39, 0.29) is 0 Å². The zero-order valence-electron chi connectivity index (χ0n) is 21.3. The lowest BCUT2D eigenvalue weighted by Crippen LogP contribution is -2.25. The number of hydrazone groups is 1. The average Bonchev–Trinajstić information content (AvgIpc) is 2.90. The largest absolute Gasteiger partial charge is 0.496 e. The number of nitrogens with zero attached hydrogens (tertiary/aromatic N) is 6. The fourth-order valence-electron chi connectivity index (χ4n) is 3.67. The van der Waals surface area contributed by atoms with Crippen molar-refractivity contribution in [1.29, 1.82) is 0 Å². The molecule has 0 atom stereocenters. The van der Waals surface area contributed by atoms with Gasteiger partial charge in [0.25, 0.3) is 0 Å². The van der Waals surface area contributed by atoms with Crippen LogP contribution in [0.5, 0.6) is 5.75 Å². The van der Waals surface area contributed by atoms with E-state index in [1.54, 1.807) is 13.3 Å². The molecule has 0 spiro atoms. The zero-order chi connectivity index (χ0) is 25.0.